The summed E-state index contributed by atoms with van der Waals surface area (Å²) in [5.74, 6) is 0.950. The van der Waals surface area contributed by atoms with E-state index in [2.05, 4.69) is 140 Å². The molecule has 37 heavy (non-hydrogen) atoms. The molecule has 0 atom stereocenters. The summed E-state index contributed by atoms with van der Waals surface area (Å²) in [5, 5.41) is 0. The molecule has 0 aliphatic rings. The van der Waals surface area contributed by atoms with E-state index in [0.29, 0.717) is 0 Å². The summed E-state index contributed by atoms with van der Waals surface area (Å²) in [6.07, 6.45) is 3.46. The van der Waals surface area contributed by atoms with Gasteiger partial charge >= 0.3 is 208 Å². The van der Waals surface area contributed by atoms with E-state index in [-0.39, 0.29) is 0 Å². The van der Waals surface area contributed by atoms with Gasteiger partial charge in [0.1, 0.15) is 0 Å². The number of rotatable bonds is 11. The second kappa shape index (κ2) is 12.8. The van der Waals surface area contributed by atoms with Gasteiger partial charge in [-0.15, -0.1) is 0 Å². The maximum atomic E-state index is 6.10. The molecular weight excluding hydrogens is 555 g/mol. The molecule has 1 nitrogen and oxygen atoms in total. The first-order valence-corrected chi connectivity index (χ1v) is 19.6. The zero-order chi connectivity index (χ0) is 25.2. The minimum atomic E-state index is -3.13. The molecule has 0 aliphatic heterocycles. The van der Waals surface area contributed by atoms with Gasteiger partial charge in [-0.25, -0.2) is 0 Å². The van der Waals surface area contributed by atoms with Gasteiger partial charge in [0.15, 0.2) is 0 Å². The van der Waals surface area contributed by atoms with E-state index in [0.717, 1.165) is 18.8 Å². The van der Waals surface area contributed by atoms with Crippen LogP contribution in [0.4, 0.5) is 0 Å². The average Bonchev–Trinajstić information content (AvgIpc) is 2.99. The molecule has 0 radical (unpaired) electrons. The topological polar surface area (TPSA) is 9.23 Å². The van der Waals surface area contributed by atoms with Gasteiger partial charge in [0, 0.05) is 0 Å². The number of hydrogen-bond donors (Lipinski definition) is 0. The Morgan fingerprint density at radius 3 is 1.32 bits per heavy atom. The standard InChI is InChI=1S/C17H19O.3C6H5.Sn/c1-2-3-7-14-18-17-12-10-16(11-13-17)15-8-5-4-6-9-15;3*1-2-4-6-5-3-1;/h4-6,8-13H,1-3,7,14H2;3*1-5H;. The van der Waals surface area contributed by atoms with Crippen molar-refractivity contribution < 1.29 is 4.74 Å². The van der Waals surface area contributed by atoms with Crippen molar-refractivity contribution in [3.63, 3.8) is 0 Å². The second-order valence-corrected chi connectivity index (χ2v) is 21.1. The van der Waals surface area contributed by atoms with Crippen molar-refractivity contribution in [2.24, 2.45) is 0 Å². The molecule has 0 amide bonds. The van der Waals surface area contributed by atoms with Crippen LogP contribution in [-0.4, -0.2) is 25.0 Å². The summed E-state index contributed by atoms with van der Waals surface area (Å²) in [7, 11) is 0. The van der Waals surface area contributed by atoms with Crippen molar-refractivity contribution in [1.82, 2.24) is 0 Å². The molecule has 0 fully saturated rings. The maximum absolute atomic E-state index is 6.10. The van der Waals surface area contributed by atoms with Crippen LogP contribution in [-0.2, 0) is 0 Å². The van der Waals surface area contributed by atoms with Crippen LogP contribution in [0.3, 0.4) is 0 Å². The number of benzene rings is 5. The summed E-state index contributed by atoms with van der Waals surface area (Å²) < 4.78 is 12.0. The smallest absolute Gasteiger partial charge is 0.0617 e. The van der Waals surface area contributed by atoms with Crippen LogP contribution in [0.25, 0.3) is 11.1 Å². The third-order valence-electron chi connectivity index (χ3n) is 7.23. The molecule has 5 aromatic carbocycles. The van der Waals surface area contributed by atoms with Gasteiger partial charge in [-0.2, -0.15) is 0 Å². The van der Waals surface area contributed by atoms with Crippen LogP contribution in [0, 0.1) is 0 Å². The van der Waals surface area contributed by atoms with Crippen molar-refractivity contribution in [2.45, 2.75) is 23.7 Å². The van der Waals surface area contributed by atoms with E-state index >= 15 is 0 Å². The van der Waals surface area contributed by atoms with E-state index in [1.807, 2.05) is 6.07 Å². The predicted molar refractivity (Wildman–Crippen MR) is 160 cm³/mol. The molecule has 0 saturated carbocycles. The van der Waals surface area contributed by atoms with Crippen molar-refractivity contribution >= 4 is 29.1 Å². The van der Waals surface area contributed by atoms with Crippen molar-refractivity contribution in [3.05, 3.63) is 146 Å². The van der Waals surface area contributed by atoms with E-state index < -0.39 is 18.4 Å². The van der Waals surface area contributed by atoms with Gasteiger partial charge in [-0.1, -0.05) is 18.2 Å². The third kappa shape index (κ3) is 6.17. The molecule has 2 heteroatoms. The van der Waals surface area contributed by atoms with Gasteiger partial charge in [0.2, 0.25) is 0 Å². The number of ether oxygens (including phenoxy) is 1. The first-order chi connectivity index (χ1) is 18.4. The van der Waals surface area contributed by atoms with Crippen LogP contribution < -0.4 is 15.5 Å². The molecule has 0 aromatic heterocycles. The molecule has 0 heterocycles. The molecule has 0 spiro atoms. The fourth-order valence-electron chi connectivity index (χ4n) is 5.33. The molecule has 0 bridgehead atoms. The Kier molecular flexibility index (Phi) is 8.76. The Balaban J connectivity index is 1.24. The van der Waals surface area contributed by atoms with Crippen molar-refractivity contribution in [3.8, 4) is 16.9 Å². The Hall–Kier alpha value is -3.30. The third-order valence-corrected chi connectivity index (χ3v) is 21.7. The fraction of sp³-hybridized carbons (Fsp3) is 0.143. The van der Waals surface area contributed by atoms with Crippen LogP contribution in [0.15, 0.2) is 146 Å². The quantitative estimate of drug-likeness (QED) is 0.118. The summed E-state index contributed by atoms with van der Waals surface area (Å²) in [4.78, 5) is 0. The molecule has 5 rings (SSSR count). The van der Waals surface area contributed by atoms with Crippen LogP contribution >= 0.6 is 0 Å². The minimum absolute atomic E-state index is 0.759. The van der Waals surface area contributed by atoms with Gasteiger partial charge < -0.3 is 0 Å². The Bertz CT molecular complexity index is 1240. The molecule has 184 valence electrons. The van der Waals surface area contributed by atoms with Crippen LogP contribution in [0.2, 0.25) is 4.44 Å². The summed E-state index contributed by atoms with van der Waals surface area (Å²) in [6.45, 7) is 0.759. The van der Waals surface area contributed by atoms with Crippen molar-refractivity contribution in [1.29, 1.82) is 0 Å². The van der Waals surface area contributed by atoms with Gasteiger partial charge in [0.25, 0.3) is 0 Å². The van der Waals surface area contributed by atoms with E-state index in [1.54, 1.807) is 10.7 Å². The van der Waals surface area contributed by atoms with Crippen LogP contribution in [0.1, 0.15) is 19.3 Å². The Morgan fingerprint density at radius 2 is 0.838 bits per heavy atom. The number of hydrogen-bond acceptors (Lipinski definition) is 1. The Morgan fingerprint density at radius 1 is 0.405 bits per heavy atom. The minimum Gasteiger partial charge on any atom is -0.0617 e. The summed E-state index contributed by atoms with van der Waals surface area (Å²) >= 11 is -3.13. The number of unbranched alkanes of at least 4 members (excludes halogenated alkanes) is 2. The zero-order valence-corrected chi connectivity index (χ0v) is 24.2. The second-order valence-electron chi connectivity index (χ2n) is 9.55. The zero-order valence-electron chi connectivity index (χ0n) is 21.3. The normalized spacial score (nSPS) is 11.2. The fourth-order valence-corrected chi connectivity index (χ4v) is 19.4. The van der Waals surface area contributed by atoms with E-state index in [4.69, 9.17) is 4.74 Å². The average molecular weight is 589 g/mol. The first-order valence-electron chi connectivity index (χ1n) is 13.3. The first kappa shape index (κ1) is 25.4. The molecule has 0 saturated heterocycles. The summed E-state index contributed by atoms with van der Waals surface area (Å²) in [5.41, 5.74) is 2.46. The van der Waals surface area contributed by atoms with E-state index in [9.17, 15) is 0 Å². The van der Waals surface area contributed by atoms with Crippen molar-refractivity contribution in [2.75, 3.05) is 6.61 Å². The summed E-state index contributed by atoms with van der Waals surface area (Å²) in [6, 6.07) is 52.9. The van der Waals surface area contributed by atoms with Crippen LogP contribution in [0.5, 0.6) is 5.75 Å². The molecular formula is C35H34OSn. The predicted octanol–water partition coefficient (Wildman–Crippen LogP) is 7.07. The van der Waals surface area contributed by atoms with Gasteiger partial charge in [0.05, 0.1) is 0 Å². The van der Waals surface area contributed by atoms with E-state index in [1.165, 1.54) is 28.4 Å². The molecule has 0 N–H and O–H groups in total. The molecule has 0 unspecified atom stereocenters. The molecule has 5 aromatic rings. The van der Waals surface area contributed by atoms with Gasteiger partial charge in [-0.05, 0) is 0 Å². The Labute approximate surface area is 225 Å². The monoisotopic (exact) mass is 590 g/mol. The van der Waals surface area contributed by atoms with Gasteiger partial charge in [-0.3, -0.25) is 0 Å². The molecule has 0 aliphatic carbocycles. The SMILES string of the molecule is c1ccc(-c2ccc(OCCCC[CH2][Sn]([c]3ccccc3)([c]3ccccc3)[c]3ccccc3)cc2)cc1.